The molecule has 0 aliphatic carbocycles. The molecule has 1 rings (SSSR count). The van der Waals surface area contributed by atoms with E-state index in [0.717, 1.165) is 0 Å². The topological polar surface area (TPSA) is 75.6 Å². The first-order valence-corrected chi connectivity index (χ1v) is 6.77. The van der Waals surface area contributed by atoms with Crippen LogP contribution in [0.2, 0.25) is 0 Å². The van der Waals surface area contributed by atoms with Crippen LogP contribution in [0.5, 0.6) is 0 Å². The van der Waals surface area contributed by atoms with E-state index in [1.165, 1.54) is 7.11 Å². The Morgan fingerprint density at radius 2 is 1.67 bits per heavy atom. The lowest BCUT2D eigenvalue weighted by atomic mass is 9.64. The van der Waals surface area contributed by atoms with Gasteiger partial charge in [-0.3, -0.25) is 9.59 Å². The highest BCUT2D eigenvalue weighted by Gasteiger charge is 2.50. The average molecular weight is 293 g/mol. The minimum atomic E-state index is -1.35. The molecule has 0 saturated carbocycles. The molecule has 116 valence electrons. The number of amides is 1. The Bertz CT molecular complexity index is 508. The van der Waals surface area contributed by atoms with E-state index >= 15 is 0 Å². The number of ether oxygens (including phenoxy) is 1. The molecule has 5 nitrogen and oxygen atoms in total. The van der Waals surface area contributed by atoms with E-state index in [1.807, 2.05) is 6.07 Å². The number of aliphatic hydroxyl groups excluding tert-OH is 1. The highest BCUT2D eigenvalue weighted by atomic mass is 16.5. The second-order valence-electron chi connectivity index (χ2n) is 6.10. The molecule has 0 aliphatic heterocycles. The number of carbonyl (C=O) groups is 2. The summed E-state index contributed by atoms with van der Waals surface area (Å²) in [6, 6.07) is 8.85. The second-order valence-corrected chi connectivity index (χ2v) is 6.10. The van der Waals surface area contributed by atoms with Gasteiger partial charge in [-0.15, -0.1) is 0 Å². The van der Waals surface area contributed by atoms with Crippen LogP contribution in [0.4, 0.5) is 5.69 Å². The van der Waals surface area contributed by atoms with E-state index in [1.54, 1.807) is 52.0 Å². The Morgan fingerprint density at radius 1 is 1.14 bits per heavy atom. The van der Waals surface area contributed by atoms with E-state index in [0.29, 0.717) is 5.69 Å². The quantitative estimate of drug-likeness (QED) is 0.816. The fourth-order valence-corrected chi connectivity index (χ4v) is 1.92. The number of hydrogen-bond acceptors (Lipinski definition) is 4. The van der Waals surface area contributed by atoms with Crippen LogP contribution >= 0.6 is 0 Å². The summed E-state index contributed by atoms with van der Waals surface area (Å²) in [7, 11) is 1.29. The molecule has 0 aliphatic rings. The molecule has 0 aromatic heterocycles. The molecule has 2 N–H and O–H groups in total. The maximum absolute atomic E-state index is 12.2. The van der Waals surface area contributed by atoms with Crippen molar-refractivity contribution < 1.29 is 19.4 Å². The average Bonchev–Trinajstić information content (AvgIpc) is 2.46. The lowest BCUT2D eigenvalue weighted by Crippen LogP contribution is -2.52. The summed E-state index contributed by atoms with van der Waals surface area (Å²) in [5, 5.41) is 13.0. The summed E-state index contributed by atoms with van der Waals surface area (Å²) >= 11 is 0. The van der Waals surface area contributed by atoms with Crippen LogP contribution in [0, 0.1) is 10.8 Å². The fourth-order valence-electron chi connectivity index (χ4n) is 1.92. The SMILES string of the molecule is COC(=O)C(C)(C)C(C)(C)[C@@H](O)C(=O)Nc1ccccc1. The third-order valence-electron chi connectivity index (χ3n) is 4.28. The molecule has 21 heavy (non-hydrogen) atoms. The third-order valence-corrected chi connectivity index (χ3v) is 4.28. The lowest BCUT2D eigenvalue weighted by molar-refractivity contribution is -0.165. The van der Waals surface area contributed by atoms with Crippen LogP contribution in [0.25, 0.3) is 0 Å². The van der Waals surface area contributed by atoms with Gasteiger partial charge in [-0.25, -0.2) is 0 Å². The molecular weight excluding hydrogens is 270 g/mol. The maximum atomic E-state index is 12.2. The minimum Gasteiger partial charge on any atom is -0.469 e. The Morgan fingerprint density at radius 3 is 2.14 bits per heavy atom. The molecule has 1 amide bonds. The molecule has 0 heterocycles. The van der Waals surface area contributed by atoms with Crippen molar-refractivity contribution >= 4 is 17.6 Å². The van der Waals surface area contributed by atoms with E-state index in [2.05, 4.69) is 5.32 Å². The van der Waals surface area contributed by atoms with Crippen molar-refractivity contribution in [3.63, 3.8) is 0 Å². The van der Waals surface area contributed by atoms with Gasteiger partial charge >= 0.3 is 5.97 Å². The van der Waals surface area contributed by atoms with Crippen LogP contribution in [0.3, 0.4) is 0 Å². The summed E-state index contributed by atoms with van der Waals surface area (Å²) in [5.41, 5.74) is -1.43. The fraction of sp³-hybridized carbons (Fsp3) is 0.500. The monoisotopic (exact) mass is 293 g/mol. The third kappa shape index (κ3) is 3.42. The highest BCUT2D eigenvalue weighted by Crippen LogP contribution is 2.42. The van der Waals surface area contributed by atoms with E-state index in [9.17, 15) is 14.7 Å². The van der Waals surface area contributed by atoms with Crippen molar-refractivity contribution in [1.29, 1.82) is 0 Å². The number of aliphatic hydroxyl groups is 1. The first-order valence-electron chi connectivity index (χ1n) is 6.77. The molecule has 0 spiro atoms. The number of esters is 1. The number of benzene rings is 1. The van der Waals surface area contributed by atoms with Crippen LogP contribution in [-0.4, -0.2) is 30.2 Å². The zero-order valence-electron chi connectivity index (χ0n) is 13.1. The first kappa shape index (κ1) is 17.2. The largest absolute Gasteiger partial charge is 0.469 e. The first-order chi connectivity index (χ1) is 9.64. The van der Waals surface area contributed by atoms with Gasteiger partial charge in [-0.1, -0.05) is 32.0 Å². The molecular formula is C16H23NO4. The molecule has 0 saturated heterocycles. The smallest absolute Gasteiger partial charge is 0.311 e. The number of anilines is 1. The standard InChI is InChI=1S/C16H23NO4/c1-15(2,16(3,4)14(20)21-5)12(18)13(19)17-11-9-7-6-8-10-11/h6-10,12,18H,1-5H3,(H,17,19)/t12-/m0/s1. The van der Waals surface area contributed by atoms with Crippen LogP contribution in [0.15, 0.2) is 30.3 Å². The van der Waals surface area contributed by atoms with Gasteiger partial charge in [0, 0.05) is 11.1 Å². The van der Waals surface area contributed by atoms with Crippen molar-refractivity contribution in [3.05, 3.63) is 30.3 Å². The number of hydrogen-bond donors (Lipinski definition) is 2. The Hall–Kier alpha value is -1.88. The molecule has 0 unspecified atom stereocenters. The lowest BCUT2D eigenvalue weighted by Gasteiger charge is -2.41. The van der Waals surface area contributed by atoms with Gasteiger partial charge in [-0.2, -0.15) is 0 Å². The number of nitrogens with one attached hydrogen (secondary N) is 1. The predicted molar refractivity (Wildman–Crippen MR) is 80.7 cm³/mol. The molecule has 0 bridgehead atoms. The molecule has 0 radical (unpaired) electrons. The second kappa shape index (κ2) is 6.26. The van der Waals surface area contributed by atoms with Gasteiger partial charge < -0.3 is 15.2 Å². The minimum absolute atomic E-state index is 0.473. The van der Waals surface area contributed by atoms with E-state index < -0.39 is 28.8 Å². The normalized spacial score (nSPS) is 13.4. The summed E-state index contributed by atoms with van der Waals surface area (Å²) < 4.78 is 4.77. The predicted octanol–water partition coefficient (Wildman–Crippen LogP) is 2.21. The van der Waals surface area contributed by atoms with Gasteiger partial charge in [0.2, 0.25) is 0 Å². The van der Waals surface area contributed by atoms with Crippen molar-refractivity contribution in [2.45, 2.75) is 33.8 Å². The molecule has 1 atom stereocenters. The summed E-state index contributed by atoms with van der Waals surface area (Å²) in [6.07, 6.45) is -1.35. The molecule has 1 aromatic carbocycles. The van der Waals surface area contributed by atoms with Gasteiger partial charge in [-0.05, 0) is 26.0 Å². The van der Waals surface area contributed by atoms with Crippen molar-refractivity contribution in [3.8, 4) is 0 Å². The van der Waals surface area contributed by atoms with Crippen molar-refractivity contribution in [2.24, 2.45) is 10.8 Å². The van der Waals surface area contributed by atoms with Crippen LogP contribution in [0.1, 0.15) is 27.7 Å². The van der Waals surface area contributed by atoms with Crippen molar-refractivity contribution in [2.75, 3.05) is 12.4 Å². The van der Waals surface area contributed by atoms with Gasteiger partial charge in [0.25, 0.3) is 5.91 Å². The number of methoxy groups -OCH3 is 1. The van der Waals surface area contributed by atoms with E-state index in [4.69, 9.17) is 4.74 Å². The number of carbonyl (C=O) groups excluding carboxylic acids is 2. The van der Waals surface area contributed by atoms with Crippen LogP contribution in [-0.2, 0) is 14.3 Å². The zero-order chi connectivity index (χ0) is 16.3. The number of para-hydroxylation sites is 1. The Kier molecular flexibility index (Phi) is 5.12. The van der Waals surface area contributed by atoms with Gasteiger partial charge in [0.15, 0.2) is 0 Å². The van der Waals surface area contributed by atoms with Gasteiger partial charge in [0.1, 0.15) is 6.10 Å². The Labute approximate surface area is 125 Å². The van der Waals surface area contributed by atoms with Gasteiger partial charge in [0.05, 0.1) is 12.5 Å². The number of rotatable bonds is 5. The maximum Gasteiger partial charge on any atom is 0.311 e. The summed E-state index contributed by atoms with van der Waals surface area (Å²) in [4.78, 5) is 24.1. The van der Waals surface area contributed by atoms with E-state index in [-0.39, 0.29) is 0 Å². The summed E-state index contributed by atoms with van der Waals surface area (Å²) in [6.45, 7) is 6.63. The van der Waals surface area contributed by atoms with Crippen LogP contribution < -0.4 is 5.32 Å². The molecule has 0 fully saturated rings. The van der Waals surface area contributed by atoms with Crippen molar-refractivity contribution in [1.82, 2.24) is 0 Å². The molecule has 1 aromatic rings. The highest BCUT2D eigenvalue weighted by molar-refractivity contribution is 5.95. The zero-order valence-corrected chi connectivity index (χ0v) is 13.1. The Balaban J connectivity index is 2.92. The molecule has 5 heteroatoms. The summed E-state index contributed by atoms with van der Waals surface area (Å²) in [5.74, 6) is -1.03.